The third-order valence-electron chi connectivity index (χ3n) is 4.92. The summed E-state index contributed by atoms with van der Waals surface area (Å²) in [6.45, 7) is 6.24. The molecule has 25 heavy (non-hydrogen) atoms. The Balaban J connectivity index is 2.04. The molecule has 2 atom stereocenters. The van der Waals surface area contributed by atoms with Gasteiger partial charge in [-0.15, -0.1) is 10.7 Å². The highest BCUT2D eigenvalue weighted by Crippen LogP contribution is 2.38. The van der Waals surface area contributed by atoms with Crippen molar-refractivity contribution in [2.45, 2.75) is 32.7 Å². The van der Waals surface area contributed by atoms with Gasteiger partial charge in [-0.3, -0.25) is 0 Å². The van der Waals surface area contributed by atoms with Gasteiger partial charge in [0.25, 0.3) is 0 Å². The van der Waals surface area contributed by atoms with Gasteiger partial charge in [0.05, 0.1) is 0 Å². The molecule has 2 aromatic carbocycles. The van der Waals surface area contributed by atoms with Crippen molar-refractivity contribution in [3.05, 3.63) is 63.7 Å². The van der Waals surface area contributed by atoms with Crippen molar-refractivity contribution in [1.82, 2.24) is 4.90 Å². The third kappa shape index (κ3) is 4.11. The molecule has 0 amide bonds. The number of benzene rings is 2. The Hall–Kier alpha value is -1.29. The lowest BCUT2D eigenvalue weighted by molar-refractivity contribution is 0.295. The molecule has 0 radical (unpaired) electrons. The first kappa shape index (κ1) is 18.5. The van der Waals surface area contributed by atoms with E-state index in [1.165, 1.54) is 27.9 Å². The lowest BCUT2D eigenvalue weighted by Crippen LogP contribution is -2.31. The van der Waals surface area contributed by atoms with Crippen molar-refractivity contribution in [1.29, 1.82) is 0 Å². The summed E-state index contributed by atoms with van der Waals surface area (Å²) in [7, 11) is 2.27. The minimum atomic E-state index is 0.0914. The Morgan fingerprint density at radius 3 is 2.84 bits per heavy atom. The number of halogens is 1. The lowest BCUT2D eigenvalue weighted by atomic mass is 9.83. The largest absolute Gasteiger partial charge is 0.336 e. The van der Waals surface area contributed by atoms with Crippen LogP contribution in [0.2, 0.25) is 5.02 Å². The molecule has 0 saturated carbocycles. The zero-order valence-electron chi connectivity index (χ0n) is 15.5. The van der Waals surface area contributed by atoms with E-state index in [1.807, 2.05) is 0 Å². The molecule has 3 rings (SSSR count). The molecule has 134 valence electrons. The van der Waals surface area contributed by atoms with Crippen molar-refractivity contribution >= 4 is 33.3 Å². The normalized spacial score (nSPS) is 18.8. The van der Waals surface area contributed by atoms with Crippen LogP contribution in [0.5, 0.6) is 0 Å². The molecule has 0 spiro atoms. The minimum Gasteiger partial charge on any atom is -0.336 e. The second-order valence-corrected chi connectivity index (χ2v) is 8.97. The molecule has 0 aliphatic carbocycles. The second kappa shape index (κ2) is 7.94. The Labute approximate surface area is 159 Å². The van der Waals surface area contributed by atoms with Crippen molar-refractivity contribution in [3.8, 4) is 0 Å². The summed E-state index contributed by atoms with van der Waals surface area (Å²) in [6, 6.07) is 13.4. The molecule has 4 heteroatoms. The molecule has 1 aliphatic heterocycles. The number of likely N-dealkylation sites (N-methyl/N-ethyl adjacent to an activating group) is 1. The van der Waals surface area contributed by atoms with Crippen LogP contribution in [0.15, 0.2) is 36.4 Å². The van der Waals surface area contributed by atoms with E-state index in [-0.39, 0.29) is 10.7 Å². The van der Waals surface area contributed by atoms with E-state index in [1.54, 1.807) is 0 Å². The van der Waals surface area contributed by atoms with Gasteiger partial charge in [0.2, 0.25) is 0 Å². The smallest absolute Gasteiger partial charge is 0.0456 e. The first-order valence-electron chi connectivity index (χ1n) is 8.82. The Morgan fingerprint density at radius 1 is 1.32 bits per heavy atom. The highest BCUT2D eigenvalue weighted by Gasteiger charge is 2.27. The van der Waals surface area contributed by atoms with Gasteiger partial charge in [-0.2, -0.15) is 0 Å². The van der Waals surface area contributed by atoms with Crippen LogP contribution in [0.25, 0.3) is 0 Å². The van der Waals surface area contributed by atoms with Crippen molar-refractivity contribution in [2.24, 2.45) is 0 Å². The quantitative estimate of drug-likeness (QED) is 0.708. The van der Waals surface area contributed by atoms with Gasteiger partial charge in [-0.25, -0.2) is 0 Å². The van der Waals surface area contributed by atoms with Crippen LogP contribution in [0.1, 0.15) is 42.0 Å². The number of aryl methyl sites for hydroxylation is 1. The number of nitrogens with zero attached hydrogens (tertiary/aromatic N) is 1. The highest BCUT2D eigenvalue weighted by molar-refractivity contribution is 8.15. The number of hydrogen-bond acceptors (Lipinski definition) is 2. The molecule has 2 unspecified atom stereocenters. The van der Waals surface area contributed by atoms with E-state index in [4.69, 9.17) is 11.6 Å². The second-order valence-electron chi connectivity index (χ2n) is 6.77. The Kier molecular flexibility index (Phi) is 5.88. The van der Waals surface area contributed by atoms with E-state index in [0.29, 0.717) is 5.92 Å². The summed E-state index contributed by atoms with van der Waals surface area (Å²) in [5, 5.41) is 3.11. The Morgan fingerprint density at radius 2 is 2.12 bits per heavy atom. The van der Waals surface area contributed by atoms with Gasteiger partial charge in [-0.1, -0.05) is 36.7 Å². The Bertz CT molecular complexity index is 800. The van der Waals surface area contributed by atoms with Gasteiger partial charge in [0.1, 0.15) is 0 Å². The van der Waals surface area contributed by atoms with Gasteiger partial charge >= 0.3 is 0 Å². The fourth-order valence-corrected chi connectivity index (χ4v) is 4.42. The highest BCUT2D eigenvalue weighted by atomic mass is 35.5. The predicted octanol–water partition coefficient (Wildman–Crippen LogP) is 5.53. The van der Waals surface area contributed by atoms with Gasteiger partial charge in [-0.05, 0) is 72.5 Å². The van der Waals surface area contributed by atoms with Crippen LogP contribution in [0.4, 0.5) is 5.69 Å². The molecule has 0 fully saturated rings. The SMILES string of the molecule is C/C=S(\C)Nc1cccc(C2CN(C)Cc3c(Cl)cc(CC)cc32)c1. The maximum Gasteiger partial charge on any atom is 0.0456 e. The number of fused-ring (bicyclic) bond motifs is 1. The zero-order valence-corrected chi connectivity index (χ0v) is 17.0. The van der Waals surface area contributed by atoms with Crippen LogP contribution in [0.3, 0.4) is 0 Å². The number of nitrogens with one attached hydrogen (secondary N) is 1. The molecule has 0 bridgehead atoms. The fourth-order valence-electron chi connectivity index (χ4n) is 3.49. The molecule has 1 aliphatic rings. The van der Waals surface area contributed by atoms with Crippen LogP contribution in [-0.2, 0) is 13.0 Å². The van der Waals surface area contributed by atoms with E-state index in [2.05, 4.69) is 78.5 Å². The van der Waals surface area contributed by atoms with E-state index in [9.17, 15) is 0 Å². The average molecular weight is 375 g/mol. The number of anilines is 1. The van der Waals surface area contributed by atoms with Crippen LogP contribution < -0.4 is 4.72 Å². The maximum absolute atomic E-state index is 6.62. The maximum atomic E-state index is 6.62. The first-order valence-corrected chi connectivity index (χ1v) is 10.9. The summed E-state index contributed by atoms with van der Waals surface area (Å²) in [4.78, 5) is 2.37. The lowest BCUT2D eigenvalue weighted by Gasteiger charge is -2.34. The number of hydrogen-bond donors (Lipinski definition) is 1. The van der Waals surface area contributed by atoms with E-state index >= 15 is 0 Å². The molecular weight excluding hydrogens is 348 g/mol. The molecule has 1 N–H and O–H groups in total. The van der Waals surface area contributed by atoms with Crippen molar-refractivity contribution in [3.63, 3.8) is 0 Å². The topological polar surface area (TPSA) is 15.3 Å². The molecule has 1 heterocycles. The summed E-state index contributed by atoms with van der Waals surface area (Å²) < 4.78 is 3.57. The predicted molar refractivity (Wildman–Crippen MR) is 114 cm³/mol. The fraction of sp³-hybridized carbons (Fsp3) is 0.381. The van der Waals surface area contributed by atoms with Crippen LogP contribution >= 0.6 is 22.3 Å². The van der Waals surface area contributed by atoms with Gasteiger partial charge in [0, 0.05) is 29.7 Å². The third-order valence-corrected chi connectivity index (χ3v) is 6.52. The summed E-state index contributed by atoms with van der Waals surface area (Å²) in [5.74, 6) is 0.365. The molecule has 0 saturated heterocycles. The summed E-state index contributed by atoms with van der Waals surface area (Å²) >= 11 is 6.62. The molecule has 0 aromatic heterocycles. The van der Waals surface area contributed by atoms with Gasteiger partial charge in [0.15, 0.2) is 0 Å². The van der Waals surface area contributed by atoms with Crippen molar-refractivity contribution < 1.29 is 0 Å². The van der Waals surface area contributed by atoms with Crippen LogP contribution in [0, 0.1) is 0 Å². The molecular formula is C21H27ClN2S. The van der Waals surface area contributed by atoms with E-state index < -0.39 is 0 Å². The first-order chi connectivity index (χ1) is 12.0. The molecule has 2 nitrogen and oxygen atoms in total. The standard InChI is InChI=1S/C21H27ClN2S/c1-5-15-10-18-19(13-24(3)14-20(18)21(22)11-15)16-8-7-9-17(12-16)23-25(4)6-2/h6-12,19,23H,5,13-14H2,1-4H3. The minimum absolute atomic E-state index is 0.0914. The van der Waals surface area contributed by atoms with E-state index in [0.717, 1.165) is 24.5 Å². The van der Waals surface area contributed by atoms with Crippen LogP contribution in [-0.4, -0.2) is 30.1 Å². The molecule has 2 aromatic rings. The van der Waals surface area contributed by atoms with Crippen molar-refractivity contribution in [2.75, 3.05) is 24.6 Å². The summed E-state index contributed by atoms with van der Waals surface area (Å²) in [5.41, 5.74) is 6.55. The monoisotopic (exact) mass is 374 g/mol. The van der Waals surface area contributed by atoms with Gasteiger partial charge < -0.3 is 9.62 Å². The zero-order chi connectivity index (χ0) is 18.0. The summed E-state index contributed by atoms with van der Waals surface area (Å²) in [6.07, 6.45) is 3.21. The number of rotatable bonds is 4. The average Bonchev–Trinajstić information content (AvgIpc) is 2.61.